The number of nitrogens with zero attached hydrogens (tertiary/aromatic N) is 3. The van der Waals surface area contributed by atoms with Gasteiger partial charge in [-0.05, 0) is 31.5 Å². The predicted octanol–water partition coefficient (Wildman–Crippen LogP) is 2.92. The number of amides is 3. The van der Waals surface area contributed by atoms with Gasteiger partial charge in [-0.1, -0.05) is 30.3 Å². The number of benzene rings is 2. The summed E-state index contributed by atoms with van der Waals surface area (Å²) in [6.07, 6.45) is -1.86. The monoisotopic (exact) mass is 552 g/mol. The summed E-state index contributed by atoms with van der Waals surface area (Å²) in [5.74, 6) is -2.91. The number of hydrogen-bond donors (Lipinski definition) is 2. The van der Waals surface area contributed by atoms with Gasteiger partial charge in [0, 0.05) is 43.2 Å². The van der Waals surface area contributed by atoms with Crippen molar-refractivity contribution in [2.24, 2.45) is 0 Å². The molecule has 1 fully saturated rings. The Kier molecular flexibility index (Phi) is 8.77. The lowest BCUT2D eigenvalue weighted by atomic mass is 10.1. The third-order valence-electron chi connectivity index (χ3n) is 6.41. The van der Waals surface area contributed by atoms with Gasteiger partial charge in [-0.3, -0.25) is 9.59 Å². The van der Waals surface area contributed by atoms with Gasteiger partial charge in [0.05, 0.1) is 18.7 Å². The number of piperazine rings is 1. The molecule has 1 saturated heterocycles. The summed E-state index contributed by atoms with van der Waals surface area (Å²) in [4.78, 5) is 57.0. The number of fused-ring (bicyclic) bond motifs is 1. The van der Waals surface area contributed by atoms with Gasteiger partial charge in [-0.25, -0.2) is 19.0 Å². The largest absolute Gasteiger partial charge is 0.478 e. The number of ether oxygens (including phenoxy) is 2. The number of rotatable bonds is 8. The highest BCUT2D eigenvalue weighted by atomic mass is 19.1. The molecule has 40 heavy (non-hydrogen) atoms. The molecule has 0 unspecified atom stereocenters. The third kappa shape index (κ3) is 6.45. The van der Waals surface area contributed by atoms with Gasteiger partial charge < -0.3 is 29.7 Å². The summed E-state index contributed by atoms with van der Waals surface area (Å²) in [6.45, 7) is 4.40. The number of aromatic nitrogens is 1. The molecular formula is C28H29FN4O7. The summed E-state index contributed by atoms with van der Waals surface area (Å²) in [7, 11) is 0. The summed E-state index contributed by atoms with van der Waals surface area (Å²) in [5.41, 5.74) is 0.719. The van der Waals surface area contributed by atoms with Crippen molar-refractivity contribution in [2.75, 3.05) is 39.3 Å². The van der Waals surface area contributed by atoms with Gasteiger partial charge in [0.15, 0.2) is 0 Å². The molecule has 0 spiro atoms. The van der Waals surface area contributed by atoms with Crippen molar-refractivity contribution in [2.45, 2.75) is 20.0 Å². The SMILES string of the molecule is CCOC(=O)N1CCN(C(=O)CNC(=O)c2cc(O[C@H](C(=O)O)c3ccccc3)c3cc(F)c(C)cc3n2)CC1. The first-order valence-corrected chi connectivity index (χ1v) is 12.7. The molecule has 1 aliphatic heterocycles. The van der Waals surface area contributed by atoms with E-state index in [1.165, 1.54) is 34.9 Å². The molecule has 0 radical (unpaired) electrons. The maximum absolute atomic E-state index is 14.5. The van der Waals surface area contributed by atoms with E-state index in [-0.39, 0.29) is 47.0 Å². The van der Waals surface area contributed by atoms with Gasteiger partial charge in [0.25, 0.3) is 5.91 Å². The molecule has 1 aromatic heterocycles. The number of aliphatic carboxylic acids is 1. The second kappa shape index (κ2) is 12.4. The zero-order valence-electron chi connectivity index (χ0n) is 22.1. The Morgan fingerprint density at radius 1 is 1.05 bits per heavy atom. The number of nitrogens with one attached hydrogen (secondary N) is 1. The van der Waals surface area contributed by atoms with E-state index in [4.69, 9.17) is 9.47 Å². The van der Waals surface area contributed by atoms with E-state index in [9.17, 15) is 28.7 Å². The van der Waals surface area contributed by atoms with E-state index < -0.39 is 29.9 Å². The Bertz CT molecular complexity index is 1430. The van der Waals surface area contributed by atoms with Crippen LogP contribution in [0.15, 0.2) is 48.5 Å². The van der Waals surface area contributed by atoms with Crippen LogP contribution in [-0.4, -0.2) is 83.1 Å². The van der Waals surface area contributed by atoms with Gasteiger partial charge >= 0.3 is 12.1 Å². The number of carboxylic acid groups (broad SMARTS) is 1. The molecule has 4 rings (SSSR count). The van der Waals surface area contributed by atoms with Crippen molar-refractivity contribution < 1.29 is 38.1 Å². The molecule has 11 nitrogen and oxygen atoms in total. The van der Waals surface area contributed by atoms with Crippen LogP contribution in [0.3, 0.4) is 0 Å². The van der Waals surface area contributed by atoms with Crippen LogP contribution in [0.1, 0.15) is 34.6 Å². The Labute approximate surface area is 229 Å². The highest BCUT2D eigenvalue weighted by Gasteiger charge is 2.27. The second-order valence-corrected chi connectivity index (χ2v) is 9.12. The van der Waals surface area contributed by atoms with Gasteiger partial charge in [0.2, 0.25) is 12.0 Å². The average molecular weight is 553 g/mol. The molecule has 210 valence electrons. The normalized spacial score (nSPS) is 14.0. The van der Waals surface area contributed by atoms with E-state index in [1.807, 2.05) is 0 Å². The van der Waals surface area contributed by atoms with Crippen LogP contribution >= 0.6 is 0 Å². The molecule has 2 N–H and O–H groups in total. The topological polar surface area (TPSA) is 138 Å². The van der Waals surface area contributed by atoms with Crippen LogP contribution in [-0.2, 0) is 14.3 Å². The highest BCUT2D eigenvalue weighted by Crippen LogP contribution is 2.32. The highest BCUT2D eigenvalue weighted by molar-refractivity contribution is 5.98. The number of carbonyl (C=O) groups is 4. The Morgan fingerprint density at radius 2 is 1.73 bits per heavy atom. The van der Waals surface area contributed by atoms with Crippen molar-refractivity contribution in [3.8, 4) is 5.75 Å². The lowest BCUT2D eigenvalue weighted by Crippen LogP contribution is -2.52. The Balaban J connectivity index is 1.52. The maximum Gasteiger partial charge on any atom is 0.409 e. The fourth-order valence-corrected chi connectivity index (χ4v) is 4.26. The lowest BCUT2D eigenvalue weighted by molar-refractivity contribution is -0.145. The van der Waals surface area contributed by atoms with E-state index in [1.54, 1.807) is 37.3 Å². The summed E-state index contributed by atoms with van der Waals surface area (Å²) < 4.78 is 25.3. The number of pyridine rings is 1. The van der Waals surface area contributed by atoms with Crippen molar-refractivity contribution in [1.82, 2.24) is 20.1 Å². The first-order chi connectivity index (χ1) is 19.2. The quantitative estimate of drug-likeness (QED) is 0.435. The molecule has 12 heteroatoms. The van der Waals surface area contributed by atoms with Crippen molar-refractivity contribution in [1.29, 1.82) is 0 Å². The summed E-state index contributed by atoms with van der Waals surface area (Å²) in [6, 6.07) is 12.1. The first-order valence-electron chi connectivity index (χ1n) is 12.7. The number of carbonyl (C=O) groups excluding carboxylic acids is 3. The average Bonchev–Trinajstić information content (AvgIpc) is 2.95. The Hall–Kier alpha value is -4.74. The fraction of sp³-hybridized carbons (Fsp3) is 0.321. The molecule has 2 heterocycles. The molecular weight excluding hydrogens is 523 g/mol. The molecule has 0 aliphatic carbocycles. The van der Waals surface area contributed by atoms with Crippen LogP contribution in [0, 0.1) is 12.7 Å². The number of hydrogen-bond acceptors (Lipinski definition) is 7. The van der Waals surface area contributed by atoms with Crippen LogP contribution < -0.4 is 10.1 Å². The van der Waals surface area contributed by atoms with E-state index in [0.717, 1.165) is 0 Å². The Morgan fingerprint density at radius 3 is 2.38 bits per heavy atom. The van der Waals surface area contributed by atoms with Gasteiger partial charge in [0.1, 0.15) is 17.3 Å². The van der Waals surface area contributed by atoms with Crippen LogP contribution in [0.2, 0.25) is 0 Å². The summed E-state index contributed by atoms with van der Waals surface area (Å²) in [5, 5.41) is 12.5. The first kappa shape index (κ1) is 28.3. The molecule has 3 aromatic rings. The minimum atomic E-state index is -1.43. The van der Waals surface area contributed by atoms with Crippen LogP contribution in [0.4, 0.5) is 9.18 Å². The molecule has 3 amide bonds. The molecule has 0 saturated carbocycles. The third-order valence-corrected chi connectivity index (χ3v) is 6.41. The van der Waals surface area contributed by atoms with Crippen molar-refractivity contribution >= 4 is 34.8 Å². The minimum absolute atomic E-state index is 0.0493. The molecule has 0 bridgehead atoms. The van der Waals surface area contributed by atoms with Crippen molar-refractivity contribution in [3.63, 3.8) is 0 Å². The zero-order valence-corrected chi connectivity index (χ0v) is 22.1. The van der Waals surface area contributed by atoms with Gasteiger partial charge in [-0.15, -0.1) is 0 Å². The maximum atomic E-state index is 14.5. The molecule has 1 atom stereocenters. The summed E-state index contributed by atoms with van der Waals surface area (Å²) >= 11 is 0. The standard InChI is InChI=1S/C28H29FN4O7/c1-3-39-28(38)33-11-9-32(10-12-33)24(34)16-30-26(35)22-15-23(19-14-20(29)17(2)13-21(19)31-22)40-25(27(36)37)18-7-5-4-6-8-18/h4-8,13-15,25H,3,9-12,16H2,1-2H3,(H,30,35)(H,36,37)/t25-/m0/s1. The second-order valence-electron chi connectivity index (χ2n) is 9.12. The minimum Gasteiger partial charge on any atom is -0.478 e. The van der Waals surface area contributed by atoms with Gasteiger partial charge in [-0.2, -0.15) is 0 Å². The molecule has 1 aliphatic rings. The van der Waals surface area contributed by atoms with Crippen LogP contribution in [0.25, 0.3) is 10.9 Å². The number of carboxylic acids is 1. The fourth-order valence-electron chi connectivity index (χ4n) is 4.26. The molecule has 2 aromatic carbocycles. The lowest BCUT2D eigenvalue weighted by Gasteiger charge is -2.34. The number of halogens is 1. The van der Waals surface area contributed by atoms with E-state index in [0.29, 0.717) is 31.7 Å². The van der Waals surface area contributed by atoms with Crippen LogP contribution in [0.5, 0.6) is 5.75 Å². The van der Waals surface area contributed by atoms with Crippen molar-refractivity contribution in [3.05, 3.63) is 71.2 Å². The smallest absolute Gasteiger partial charge is 0.409 e. The predicted molar refractivity (Wildman–Crippen MR) is 141 cm³/mol. The van der Waals surface area contributed by atoms with E-state index in [2.05, 4.69) is 10.3 Å². The van der Waals surface area contributed by atoms with E-state index >= 15 is 0 Å². The number of aryl methyl sites for hydroxylation is 1. The zero-order chi connectivity index (χ0) is 28.8.